The number of halogens is 1. The number of hydrogen-bond donors (Lipinski definition) is 3. The first kappa shape index (κ1) is 18.1. The molecule has 0 spiro atoms. The van der Waals surface area contributed by atoms with Gasteiger partial charge in [0, 0.05) is 11.3 Å². The molecule has 3 N–H and O–H groups in total. The second-order valence-electron chi connectivity index (χ2n) is 5.73. The van der Waals surface area contributed by atoms with Crippen LogP contribution < -0.4 is 15.5 Å². The summed E-state index contributed by atoms with van der Waals surface area (Å²) in [7, 11) is 1.46. The van der Waals surface area contributed by atoms with E-state index >= 15 is 0 Å². The first-order valence-corrected chi connectivity index (χ1v) is 8.32. The number of nitrogens with zero attached hydrogens (tertiary/aromatic N) is 5. The second-order valence-corrected chi connectivity index (χ2v) is 5.73. The molecule has 0 radical (unpaired) electrons. The lowest BCUT2D eigenvalue weighted by Gasteiger charge is -2.09. The van der Waals surface area contributed by atoms with Gasteiger partial charge in [-0.25, -0.2) is 14.0 Å². The molecule has 146 valence electrons. The molecule has 10 nitrogen and oxygen atoms in total. The van der Waals surface area contributed by atoms with Crippen LogP contribution in [0.15, 0.2) is 52.2 Å². The summed E-state index contributed by atoms with van der Waals surface area (Å²) in [6, 6.07) is 10.7. The van der Waals surface area contributed by atoms with Crippen molar-refractivity contribution in [1.29, 1.82) is 0 Å². The highest BCUT2D eigenvalue weighted by Crippen LogP contribution is 2.28. The maximum atomic E-state index is 13.1. The monoisotopic (exact) mass is 395 g/mol. The van der Waals surface area contributed by atoms with E-state index in [9.17, 15) is 9.50 Å². The Morgan fingerprint density at radius 3 is 2.52 bits per heavy atom. The number of benzene rings is 2. The molecule has 0 aliphatic heterocycles. The highest BCUT2D eigenvalue weighted by atomic mass is 19.1. The summed E-state index contributed by atoms with van der Waals surface area (Å²) in [5.41, 5.74) is 4.11. The number of rotatable bonds is 6. The second kappa shape index (κ2) is 7.76. The minimum absolute atomic E-state index is 0.0487. The Morgan fingerprint density at radius 1 is 1.07 bits per heavy atom. The van der Waals surface area contributed by atoms with Crippen LogP contribution in [0.5, 0.6) is 11.5 Å². The number of anilines is 3. The van der Waals surface area contributed by atoms with Crippen LogP contribution in [0.2, 0.25) is 0 Å². The lowest BCUT2D eigenvalue weighted by atomic mass is 10.2. The number of nitrogens with one attached hydrogen (secondary N) is 2. The van der Waals surface area contributed by atoms with Crippen molar-refractivity contribution in [2.75, 3.05) is 17.9 Å². The molecule has 4 aromatic rings. The molecule has 2 aromatic carbocycles. The van der Waals surface area contributed by atoms with Gasteiger partial charge >= 0.3 is 0 Å². The number of aromatic nitrogens is 4. The van der Waals surface area contributed by atoms with Crippen molar-refractivity contribution in [3.8, 4) is 11.5 Å². The molecular formula is C18H14FN7O3. The van der Waals surface area contributed by atoms with E-state index in [0.717, 1.165) is 0 Å². The van der Waals surface area contributed by atoms with E-state index in [4.69, 9.17) is 4.74 Å². The number of para-hydroxylation sites is 1. The average Bonchev–Trinajstić information content (AvgIpc) is 3.18. The SMILES string of the molecule is COc1cccc(C=NNc2nc3nonc3nc2Nc2ccc(F)cc2)c1O. The number of fused-ring (bicyclic) bond motifs is 1. The van der Waals surface area contributed by atoms with Gasteiger partial charge in [-0.2, -0.15) is 10.1 Å². The maximum absolute atomic E-state index is 13.1. The summed E-state index contributed by atoms with van der Waals surface area (Å²) in [5.74, 6) is 0.400. The number of hydrogen-bond acceptors (Lipinski definition) is 10. The van der Waals surface area contributed by atoms with Crippen LogP contribution in [0, 0.1) is 5.82 Å². The molecule has 0 saturated heterocycles. The van der Waals surface area contributed by atoms with Crippen molar-refractivity contribution >= 4 is 34.8 Å². The minimum atomic E-state index is -0.362. The molecule has 29 heavy (non-hydrogen) atoms. The van der Waals surface area contributed by atoms with E-state index in [0.29, 0.717) is 17.0 Å². The highest BCUT2D eigenvalue weighted by molar-refractivity contribution is 5.85. The lowest BCUT2D eigenvalue weighted by molar-refractivity contribution is 0.314. The molecule has 0 amide bonds. The predicted molar refractivity (Wildman–Crippen MR) is 103 cm³/mol. The van der Waals surface area contributed by atoms with Gasteiger partial charge in [-0.1, -0.05) is 6.07 Å². The summed E-state index contributed by atoms with van der Waals surface area (Å²) in [6.45, 7) is 0. The van der Waals surface area contributed by atoms with Crippen LogP contribution in [0.25, 0.3) is 11.3 Å². The minimum Gasteiger partial charge on any atom is -0.504 e. The first-order valence-electron chi connectivity index (χ1n) is 8.32. The normalized spacial score (nSPS) is 11.1. The molecule has 0 saturated carbocycles. The molecule has 0 aliphatic rings. The van der Waals surface area contributed by atoms with Gasteiger partial charge in [0.2, 0.25) is 11.3 Å². The van der Waals surface area contributed by atoms with Gasteiger partial charge in [0.15, 0.2) is 23.1 Å². The zero-order chi connectivity index (χ0) is 20.2. The van der Waals surface area contributed by atoms with Gasteiger partial charge in [-0.05, 0) is 46.7 Å². The van der Waals surface area contributed by atoms with E-state index in [1.165, 1.54) is 25.5 Å². The Labute approximate surface area is 163 Å². The first-order chi connectivity index (χ1) is 14.1. The number of ether oxygens (including phenoxy) is 1. The summed E-state index contributed by atoms with van der Waals surface area (Å²) in [5, 5.41) is 24.5. The van der Waals surface area contributed by atoms with Crippen LogP contribution >= 0.6 is 0 Å². The van der Waals surface area contributed by atoms with Crippen molar-refractivity contribution in [2.24, 2.45) is 5.10 Å². The quantitative estimate of drug-likeness (QED) is 0.333. The van der Waals surface area contributed by atoms with E-state index in [-0.39, 0.29) is 34.5 Å². The van der Waals surface area contributed by atoms with Gasteiger partial charge in [0.1, 0.15) is 5.82 Å². The van der Waals surface area contributed by atoms with E-state index in [2.05, 4.69) is 40.8 Å². The zero-order valence-corrected chi connectivity index (χ0v) is 15.0. The molecule has 0 atom stereocenters. The predicted octanol–water partition coefficient (Wildman–Crippen LogP) is 3.06. The molecular weight excluding hydrogens is 381 g/mol. The summed E-state index contributed by atoms with van der Waals surface area (Å²) in [4.78, 5) is 8.54. The Kier molecular flexibility index (Phi) is 4.84. The largest absolute Gasteiger partial charge is 0.504 e. The zero-order valence-electron chi connectivity index (χ0n) is 15.0. The van der Waals surface area contributed by atoms with Crippen LogP contribution in [0.1, 0.15) is 5.56 Å². The fraction of sp³-hybridized carbons (Fsp3) is 0.0556. The van der Waals surface area contributed by atoms with Crippen LogP contribution in [0.3, 0.4) is 0 Å². The molecule has 4 rings (SSSR count). The van der Waals surface area contributed by atoms with E-state index < -0.39 is 0 Å². The third-order valence-electron chi connectivity index (χ3n) is 3.85. The molecule has 0 unspecified atom stereocenters. The fourth-order valence-electron chi connectivity index (χ4n) is 2.44. The summed E-state index contributed by atoms with van der Waals surface area (Å²) in [6.07, 6.45) is 1.40. The van der Waals surface area contributed by atoms with Gasteiger partial charge in [0.25, 0.3) is 0 Å². The Bertz CT molecular complexity index is 1180. The van der Waals surface area contributed by atoms with Crippen molar-refractivity contribution in [2.45, 2.75) is 0 Å². The Balaban J connectivity index is 1.62. The number of phenolic OH excluding ortho intramolecular Hbond substituents is 1. The number of phenols is 1. The van der Waals surface area contributed by atoms with Crippen molar-refractivity contribution < 1.29 is 18.9 Å². The third kappa shape index (κ3) is 3.88. The van der Waals surface area contributed by atoms with Crippen LogP contribution in [-0.2, 0) is 0 Å². The number of methoxy groups -OCH3 is 1. The van der Waals surface area contributed by atoms with E-state index in [1.54, 1.807) is 30.3 Å². The fourth-order valence-corrected chi connectivity index (χ4v) is 2.44. The van der Waals surface area contributed by atoms with Crippen molar-refractivity contribution in [1.82, 2.24) is 20.3 Å². The van der Waals surface area contributed by atoms with Crippen molar-refractivity contribution in [3.05, 3.63) is 53.8 Å². The summed E-state index contributed by atoms with van der Waals surface area (Å²) < 4.78 is 22.8. The summed E-state index contributed by atoms with van der Waals surface area (Å²) >= 11 is 0. The van der Waals surface area contributed by atoms with Gasteiger partial charge in [-0.15, -0.1) is 0 Å². The topological polar surface area (TPSA) is 131 Å². The van der Waals surface area contributed by atoms with Crippen LogP contribution in [-0.4, -0.2) is 38.7 Å². The molecule has 2 aromatic heterocycles. The Hall–Kier alpha value is -4.28. The molecule has 0 bridgehead atoms. The lowest BCUT2D eigenvalue weighted by Crippen LogP contribution is -2.03. The van der Waals surface area contributed by atoms with Crippen LogP contribution in [0.4, 0.5) is 21.7 Å². The average molecular weight is 395 g/mol. The van der Waals surface area contributed by atoms with E-state index in [1.807, 2.05) is 0 Å². The smallest absolute Gasteiger partial charge is 0.245 e. The molecule has 0 aliphatic carbocycles. The van der Waals surface area contributed by atoms with Gasteiger partial charge in [-0.3, -0.25) is 5.43 Å². The van der Waals surface area contributed by atoms with Crippen molar-refractivity contribution in [3.63, 3.8) is 0 Å². The third-order valence-corrected chi connectivity index (χ3v) is 3.85. The highest BCUT2D eigenvalue weighted by Gasteiger charge is 2.13. The molecule has 0 fully saturated rings. The standard InChI is InChI=1S/C18H14FN7O3/c1-28-13-4-2-3-10(14(13)27)9-20-24-16-15(21-12-7-5-11(19)6-8-12)22-17-18(23-16)26-29-25-17/h2-9,27H,1H3,(H,21,22,25)(H,23,24,26). The number of hydrazone groups is 1. The Morgan fingerprint density at radius 2 is 1.79 bits per heavy atom. The van der Waals surface area contributed by atoms with Gasteiger partial charge < -0.3 is 15.2 Å². The maximum Gasteiger partial charge on any atom is 0.245 e. The van der Waals surface area contributed by atoms with Gasteiger partial charge in [0.05, 0.1) is 13.3 Å². The number of aromatic hydroxyl groups is 1. The molecule has 2 heterocycles. The molecule has 11 heteroatoms.